The van der Waals surface area contributed by atoms with Crippen molar-refractivity contribution in [1.82, 2.24) is 9.80 Å². The maximum atomic E-state index is 11.7. The Morgan fingerprint density at radius 2 is 1.76 bits per heavy atom. The molecular formula is C14H12N2O5. The van der Waals surface area contributed by atoms with Gasteiger partial charge in [-0.05, 0) is 17.2 Å². The van der Waals surface area contributed by atoms with Gasteiger partial charge < -0.3 is 5.11 Å². The van der Waals surface area contributed by atoms with Crippen LogP contribution >= 0.6 is 0 Å². The minimum atomic E-state index is -1.05. The molecule has 1 aliphatic rings. The Bertz CT molecular complexity index is 648. The molecule has 0 atom stereocenters. The van der Waals surface area contributed by atoms with Crippen molar-refractivity contribution in [3.8, 4) is 0 Å². The summed E-state index contributed by atoms with van der Waals surface area (Å²) < 4.78 is 0. The average Bonchev–Trinajstić information content (AvgIpc) is 2.64. The highest BCUT2D eigenvalue weighted by molar-refractivity contribution is 6.44. The van der Waals surface area contributed by atoms with Crippen LogP contribution in [0.25, 0.3) is 6.08 Å². The third-order valence-electron chi connectivity index (χ3n) is 2.99. The van der Waals surface area contributed by atoms with E-state index in [9.17, 15) is 19.2 Å². The molecule has 1 saturated heterocycles. The van der Waals surface area contributed by atoms with E-state index in [-0.39, 0.29) is 6.54 Å². The van der Waals surface area contributed by atoms with Gasteiger partial charge in [0, 0.05) is 13.1 Å². The van der Waals surface area contributed by atoms with Crippen molar-refractivity contribution in [3.05, 3.63) is 41.5 Å². The van der Waals surface area contributed by atoms with E-state index in [1.165, 1.54) is 13.1 Å². The van der Waals surface area contributed by atoms with Gasteiger partial charge in [-0.1, -0.05) is 24.3 Å². The van der Waals surface area contributed by atoms with E-state index in [2.05, 4.69) is 0 Å². The molecule has 0 spiro atoms. The number of rotatable bonds is 4. The molecule has 0 unspecified atom stereocenters. The fourth-order valence-corrected chi connectivity index (χ4v) is 1.84. The van der Waals surface area contributed by atoms with Crippen molar-refractivity contribution in [2.45, 2.75) is 6.54 Å². The molecule has 0 bridgehead atoms. The molecule has 1 heterocycles. The number of hydrogen-bond donors (Lipinski definition) is 1. The second kappa shape index (κ2) is 5.58. The Morgan fingerprint density at radius 1 is 1.14 bits per heavy atom. The molecule has 1 aromatic carbocycles. The summed E-state index contributed by atoms with van der Waals surface area (Å²) in [5.41, 5.74) is 1.33. The van der Waals surface area contributed by atoms with Crippen molar-refractivity contribution < 1.29 is 24.3 Å². The normalized spacial score (nSPS) is 15.4. The quantitative estimate of drug-likeness (QED) is 0.500. The minimum absolute atomic E-state index is 0.00330. The number of nitrogens with zero attached hydrogens (tertiary/aromatic N) is 2. The van der Waals surface area contributed by atoms with Crippen LogP contribution in [0, 0.1) is 0 Å². The number of carboxylic acids is 1. The van der Waals surface area contributed by atoms with Crippen LogP contribution in [0.2, 0.25) is 0 Å². The molecule has 4 amide bonds. The summed E-state index contributed by atoms with van der Waals surface area (Å²) in [6.45, 7) is -0.00330. The first-order valence-electron chi connectivity index (χ1n) is 6.03. The van der Waals surface area contributed by atoms with E-state index in [0.29, 0.717) is 11.1 Å². The molecule has 108 valence electrons. The number of hydrogen-bond acceptors (Lipinski definition) is 4. The molecule has 0 aromatic heterocycles. The molecule has 1 N–H and O–H groups in total. The van der Waals surface area contributed by atoms with Crippen molar-refractivity contribution >= 4 is 29.9 Å². The number of carbonyl (C=O) groups is 4. The second-order valence-electron chi connectivity index (χ2n) is 4.45. The maximum absolute atomic E-state index is 11.7. The van der Waals surface area contributed by atoms with Crippen molar-refractivity contribution in [2.75, 3.05) is 7.05 Å². The molecule has 21 heavy (non-hydrogen) atoms. The van der Waals surface area contributed by atoms with E-state index in [1.54, 1.807) is 24.3 Å². The first-order chi connectivity index (χ1) is 9.90. The van der Waals surface area contributed by atoms with E-state index in [1.807, 2.05) is 0 Å². The number of carboxylic acid groups (broad SMARTS) is 1. The van der Waals surface area contributed by atoms with E-state index in [4.69, 9.17) is 5.11 Å². The van der Waals surface area contributed by atoms with E-state index in [0.717, 1.165) is 15.9 Å². The summed E-state index contributed by atoms with van der Waals surface area (Å²) in [7, 11) is 1.25. The molecule has 7 nitrogen and oxygen atoms in total. The fourth-order valence-electron chi connectivity index (χ4n) is 1.84. The number of carbonyl (C=O) groups excluding carboxylic acids is 3. The van der Waals surface area contributed by atoms with E-state index < -0.39 is 23.8 Å². The number of urea groups is 1. The number of benzene rings is 1. The van der Waals surface area contributed by atoms with Crippen molar-refractivity contribution in [2.24, 2.45) is 0 Å². The summed E-state index contributed by atoms with van der Waals surface area (Å²) in [5, 5.41) is 8.52. The predicted octanol–water partition coefficient (Wildman–Crippen LogP) is 0.705. The third kappa shape index (κ3) is 2.97. The summed E-state index contributed by atoms with van der Waals surface area (Å²) >= 11 is 0. The van der Waals surface area contributed by atoms with Crippen LogP contribution in [0.3, 0.4) is 0 Å². The van der Waals surface area contributed by atoms with Crippen LogP contribution in [-0.4, -0.2) is 45.8 Å². The van der Waals surface area contributed by atoms with Gasteiger partial charge in [0.05, 0.1) is 6.54 Å². The Hall–Kier alpha value is -2.96. The Kier molecular flexibility index (Phi) is 3.84. The average molecular weight is 288 g/mol. The molecule has 2 rings (SSSR count). The Balaban J connectivity index is 2.11. The topological polar surface area (TPSA) is 95.0 Å². The van der Waals surface area contributed by atoms with Gasteiger partial charge in [0.15, 0.2) is 0 Å². The van der Waals surface area contributed by atoms with Crippen LogP contribution in [0.4, 0.5) is 4.79 Å². The third-order valence-corrected chi connectivity index (χ3v) is 2.99. The number of imide groups is 2. The van der Waals surface area contributed by atoms with Gasteiger partial charge in [-0.3, -0.25) is 19.4 Å². The highest BCUT2D eigenvalue weighted by Crippen LogP contribution is 2.15. The van der Waals surface area contributed by atoms with Gasteiger partial charge in [-0.2, -0.15) is 0 Å². The number of likely N-dealkylation sites (N-methyl/N-ethyl adjacent to an activating group) is 1. The molecule has 1 aromatic rings. The van der Waals surface area contributed by atoms with Gasteiger partial charge >= 0.3 is 23.8 Å². The monoisotopic (exact) mass is 288 g/mol. The zero-order chi connectivity index (χ0) is 15.6. The summed E-state index contributed by atoms with van der Waals surface area (Å²) in [6.07, 6.45) is 2.44. The van der Waals surface area contributed by atoms with Gasteiger partial charge in [0.25, 0.3) is 0 Å². The van der Waals surface area contributed by atoms with Gasteiger partial charge in [-0.25, -0.2) is 9.59 Å². The standard InChI is InChI=1S/C14H12N2O5/c1-15-12(19)13(20)16(14(15)21)8-10-4-2-9(3-5-10)6-7-11(17)18/h2-7H,8H2,1H3,(H,17,18). The zero-order valence-corrected chi connectivity index (χ0v) is 11.1. The fraction of sp³-hybridized carbons (Fsp3) is 0.143. The smallest absolute Gasteiger partial charge is 0.334 e. The van der Waals surface area contributed by atoms with Crippen LogP contribution in [0.5, 0.6) is 0 Å². The van der Waals surface area contributed by atoms with Crippen LogP contribution < -0.4 is 0 Å². The van der Waals surface area contributed by atoms with Crippen LogP contribution in [-0.2, 0) is 20.9 Å². The highest BCUT2D eigenvalue weighted by Gasteiger charge is 2.41. The Morgan fingerprint density at radius 3 is 2.24 bits per heavy atom. The summed E-state index contributed by atoms with van der Waals surface area (Å²) in [6, 6.07) is 5.98. The predicted molar refractivity (Wildman–Crippen MR) is 71.8 cm³/mol. The first-order valence-corrected chi connectivity index (χ1v) is 6.03. The minimum Gasteiger partial charge on any atom is -0.478 e. The van der Waals surface area contributed by atoms with Crippen molar-refractivity contribution in [3.63, 3.8) is 0 Å². The largest absolute Gasteiger partial charge is 0.478 e. The lowest BCUT2D eigenvalue weighted by atomic mass is 10.1. The lowest BCUT2D eigenvalue weighted by Crippen LogP contribution is -2.30. The van der Waals surface area contributed by atoms with Gasteiger partial charge in [-0.15, -0.1) is 0 Å². The number of amides is 4. The molecule has 1 fully saturated rings. The van der Waals surface area contributed by atoms with Crippen LogP contribution in [0.15, 0.2) is 30.3 Å². The highest BCUT2D eigenvalue weighted by atomic mass is 16.4. The lowest BCUT2D eigenvalue weighted by Gasteiger charge is -2.12. The molecule has 0 aliphatic carbocycles. The van der Waals surface area contributed by atoms with Crippen LogP contribution in [0.1, 0.15) is 11.1 Å². The zero-order valence-electron chi connectivity index (χ0n) is 11.1. The van der Waals surface area contributed by atoms with Crippen molar-refractivity contribution in [1.29, 1.82) is 0 Å². The van der Waals surface area contributed by atoms with Gasteiger partial charge in [0.1, 0.15) is 0 Å². The summed E-state index contributed by atoms with van der Waals surface area (Å²) in [5.74, 6) is -2.74. The molecule has 0 saturated carbocycles. The number of aliphatic carboxylic acids is 1. The Labute approximate surface area is 120 Å². The molecular weight excluding hydrogens is 276 g/mol. The first kappa shape index (κ1) is 14.4. The molecule has 0 radical (unpaired) electrons. The SMILES string of the molecule is CN1C(=O)C(=O)N(Cc2ccc(C=CC(=O)O)cc2)C1=O. The molecule has 1 aliphatic heterocycles. The maximum Gasteiger partial charge on any atom is 0.334 e. The van der Waals surface area contributed by atoms with E-state index >= 15 is 0 Å². The second-order valence-corrected chi connectivity index (χ2v) is 4.45. The molecule has 7 heteroatoms. The van der Waals surface area contributed by atoms with Gasteiger partial charge in [0.2, 0.25) is 0 Å². The lowest BCUT2D eigenvalue weighted by molar-refractivity contribution is -0.143. The summed E-state index contributed by atoms with van der Waals surface area (Å²) in [4.78, 5) is 46.7.